The Kier molecular flexibility index (Phi) is 4.89. The van der Waals surface area contributed by atoms with Crippen molar-refractivity contribution < 1.29 is 9.84 Å². The Balaban J connectivity index is 1.90. The van der Waals surface area contributed by atoms with Gasteiger partial charge in [-0.2, -0.15) is 0 Å². The topological polar surface area (TPSA) is 54.4 Å². The van der Waals surface area contributed by atoms with Gasteiger partial charge in [-0.1, -0.05) is 24.3 Å². The number of nitrogens with one attached hydrogen (secondary N) is 1. The number of ether oxygens (including phenoxy) is 1. The molecule has 1 aromatic heterocycles. The zero-order chi connectivity index (χ0) is 13.5. The zero-order valence-electron chi connectivity index (χ0n) is 11.0. The maximum Gasteiger partial charge on any atom is 0.138 e. The second kappa shape index (κ2) is 6.87. The van der Waals surface area contributed by atoms with Crippen molar-refractivity contribution in [1.82, 2.24) is 10.3 Å². The fourth-order valence-electron chi connectivity index (χ4n) is 1.69. The van der Waals surface area contributed by atoms with E-state index in [1.807, 2.05) is 43.4 Å². The van der Waals surface area contributed by atoms with Gasteiger partial charge in [-0.05, 0) is 30.3 Å². The second-order valence-corrected chi connectivity index (χ2v) is 4.28. The molecule has 100 valence electrons. The highest BCUT2D eigenvalue weighted by Crippen LogP contribution is 2.12. The van der Waals surface area contributed by atoms with E-state index >= 15 is 0 Å². The normalized spacial score (nSPS) is 10.4. The Hall–Kier alpha value is -1.91. The van der Waals surface area contributed by atoms with E-state index in [9.17, 15) is 0 Å². The molecule has 1 heterocycles. The van der Waals surface area contributed by atoms with E-state index in [4.69, 9.17) is 9.84 Å². The number of nitrogens with zero attached hydrogens (tertiary/aromatic N) is 1. The summed E-state index contributed by atoms with van der Waals surface area (Å²) in [6.07, 6.45) is 1.73. The van der Waals surface area contributed by atoms with Gasteiger partial charge in [0.05, 0.1) is 18.5 Å². The van der Waals surface area contributed by atoms with Crippen molar-refractivity contribution in [2.45, 2.75) is 19.8 Å². The number of benzene rings is 1. The van der Waals surface area contributed by atoms with Crippen LogP contribution >= 0.6 is 0 Å². The number of pyridine rings is 1. The van der Waals surface area contributed by atoms with E-state index in [0.29, 0.717) is 6.61 Å². The van der Waals surface area contributed by atoms with E-state index in [1.54, 1.807) is 6.20 Å². The number of rotatable bonds is 6. The summed E-state index contributed by atoms with van der Waals surface area (Å²) in [5, 5.41) is 12.0. The second-order valence-electron chi connectivity index (χ2n) is 4.28. The standard InChI is InChI=1S/C15H18N2O2/c1-16-8-14-6-7-15(9-17-14)19-11-13-4-2-12(10-18)3-5-13/h2-7,9,16,18H,8,10-11H2,1H3. The smallest absolute Gasteiger partial charge is 0.138 e. The molecule has 0 atom stereocenters. The minimum atomic E-state index is 0.0674. The molecule has 19 heavy (non-hydrogen) atoms. The fourth-order valence-corrected chi connectivity index (χ4v) is 1.69. The average molecular weight is 258 g/mol. The van der Waals surface area contributed by atoms with E-state index in [-0.39, 0.29) is 6.61 Å². The predicted molar refractivity (Wildman–Crippen MR) is 73.7 cm³/mol. The van der Waals surface area contributed by atoms with E-state index in [2.05, 4.69) is 10.3 Å². The van der Waals surface area contributed by atoms with Gasteiger partial charge in [0.25, 0.3) is 0 Å². The Labute approximate surface area is 113 Å². The molecule has 0 saturated heterocycles. The van der Waals surface area contributed by atoms with Crippen LogP contribution in [0, 0.1) is 0 Å². The molecule has 2 N–H and O–H groups in total. The lowest BCUT2D eigenvalue weighted by molar-refractivity contribution is 0.281. The van der Waals surface area contributed by atoms with Crippen LogP contribution in [0.25, 0.3) is 0 Å². The number of aromatic nitrogens is 1. The average Bonchev–Trinajstić information content (AvgIpc) is 2.47. The number of aliphatic hydroxyl groups excluding tert-OH is 1. The zero-order valence-corrected chi connectivity index (χ0v) is 11.0. The van der Waals surface area contributed by atoms with Gasteiger partial charge in [-0.3, -0.25) is 4.98 Å². The van der Waals surface area contributed by atoms with E-state index in [0.717, 1.165) is 29.1 Å². The van der Waals surface area contributed by atoms with Crippen LogP contribution in [0.2, 0.25) is 0 Å². The quantitative estimate of drug-likeness (QED) is 0.830. The molecule has 0 amide bonds. The molecule has 2 aromatic rings. The highest BCUT2D eigenvalue weighted by molar-refractivity contribution is 5.23. The van der Waals surface area contributed by atoms with Crippen LogP contribution in [0.1, 0.15) is 16.8 Å². The van der Waals surface area contributed by atoms with Gasteiger partial charge < -0.3 is 15.2 Å². The Morgan fingerprint density at radius 3 is 2.42 bits per heavy atom. The van der Waals surface area contributed by atoms with Crippen molar-refractivity contribution in [3.8, 4) is 5.75 Å². The molecule has 0 saturated carbocycles. The molecule has 0 aliphatic heterocycles. The first-order chi connectivity index (χ1) is 9.31. The number of hydrogen-bond donors (Lipinski definition) is 2. The third-order valence-electron chi connectivity index (χ3n) is 2.77. The van der Waals surface area contributed by atoms with Crippen LogP contribution in [0.15, 0.2) is 42.6 Å². The molecule has 1 aromatic carbocycles. The summed E-state index contributed by atoms with van der Waals surface area (Å²) in [6.45, 7) is 1.32. The van der Waals surface area contributed by atoms with Gasteiger partial charge in [-0.15, -0.1) is 0 Å². The summed E-state index contributed by atoms with van der Waals surface area (Å²) in [7, 11) is 1.89. The molecule has 4 heteroatoms. The maximum absolute atomic E-state index is 8.96. The molecular formula is C15H18N2O2. The highest BCUT2D eigenvalue weighted by atomic mass is 16.5. The minimum Gasteiger partial charge on any atom is -0.487 e. The Bertz CT molecular complexity index is 495. The van der Waals surface area contributed by atoms with Crippen LogP contribution in [0.3, 0.4) is 0 Å². The highest BCUT2D eigenvalue weighted by Gasteiger charge is 1.98. The minimum absolute atomic E-state index is 0.0674. The first-order valence-corrected chi connectivity index (χ1v) is 6.23. The lowest BCUT2D eigenvalue weighted by Gasteiger charge is -2.07. The van der Waals surface area contributed by atoms with Crippen LogP contribution in [-0.2, 0) is 19.8 Å². The molecule has 0 aliphatic carbocycles. The Morgan fingerprint density at radius 1 is 1.11 bits per heavy atom. The van der Waals surface area contributed by atoms with Gasteiger partial charge in [0.2, 0.25) is 0 Å². The fraction of sp³-hybridized carbons (Fsp3) is 0.267. The third kappa shape index (κ3) is 4.05. The van der Waals surface area contributed by atoms with Crippen LogP contribution in [0.4, 0.5) is 0 Å². The van der Waals surface area contributed by atoms with Gasteiger partial charge in [0.1, 0.15) is 12.4 Å². The van der Waals surface area contributed by atoms with Gasteiger partial charge in [-0.25, -0.2) is 0 Å². The number of aliphatic hydroxyl groups is 1. The Morgan fingerprint density at radius 2 is 1.84 bits per heavy atom. The third-order valence-corrected chi connectivity index (χ3v) is 2.77. The monoisotopic (exact) mass is 258 g/mol. The van der Waals surface area contributed by atoms with Gasteiger partial charge in [0.15, 0.2) is 0 Å². The van der Waals surface area contributed by atoms with Gasteiger partial charge in [0, 0.05) is 6.54 Å². The SMILES string of the molecule is CNCc1ccc(OCc2ccc(CO)cc2)cn1. The predicted octanol–water partition coefficient (Wildman–Crippen LogP) is 1.87. The van der Waals surface area contributed by atoms with Crippen LogP contribution in [-0.4, -0.2) is 17.1 Å². The van der Waals surface area contributed by atoms with E-state index in [1.165, 1.54) is 0 Å². The summed E-state index contributed by atoms with van der Waals surface area (Å²) >= 11 is 0. The first-order valence-electron chi connectivity index (χ1n) is 6.23. The largest absolute Gasteiger partial charge is 0.487 e. The molecule has 0 aliphatic rings. The molecular weight excluding hydrogens is 240 g/mol. The maximum atomic E-state index is 8.96. The first kappa shape index (κ1) is 13.5. The van der Waals surface area contributed by atoms with Crippen molar-refractivity contribution >= 4 is 0 Å². The number of hydrogen-bond acceptors (Lipinski definition) is 4. The van der Waals surface area contributed by atoms with Crippen LogP contribution in [0.5, 0.6) is 5.75 Å². The summed E-state index contributed by atoms with van der Waals surface area (Å²) in [4.78, 5) is 4.29. The molecule has 0 unspecified atom stereocenters. The van der Waals surface area contributed by atoms with Crippen molar-refractivity contribution in [2.75, 3.05) is 7.05 Å². The molecule has 0 fully saturated rings. The lowest BCUT2D eigenvalue weighted by atomic mass is 10.1. The molecule has 4 nitrogen and oxygen atoms in total. The van der Waals surface area contributed by atoms with Crippen molar-refractivity contribution in [3.05, 3.63) is 59.4 Å². The van der Waals surface area contributed by atoms with Crippen molar-refractivity contribution in [2.24, 2.45) is 0 Å². The summed E-state index contributed by atoms with van der Waals surface area (Å²) in [5.74, 6) is 0.756. The summed E-state index contributed by atoms with van der Waals surface area (Å²) in [6, 6.07) is 11.6. The van der Waals surface area contributed by atoms with Gasteiger partial charge >= 0.3 is 0 Å². The summed E-state index contributed by atoms with van der Waals surface area (Å²) < 4.78 is 5.65. The molecule has 0 bridgehead atoms. The van der Waals surface area contributed by atoms with Crippen molar-refractivity contribution in [1.29, 1.82) is 0 Å². The molecule has 0 radical (unpaired) electrons. The van der Waals surface area contributed by atoms with E-state index < -0.39 is 0 Å². The van der Waals surface area contributed by atoms with Crippen molar-refractivity contribution in [3.63, 3.8) is 0 Å². The molecule has 2 rings (SSSR count). The van der Waals surface area contributed by atoms with Crippen LogP contribution < -0.4 is 10.1 Å². The molecule has 0 spiro atoms. The summed E-state index contributed by atoms with van der Waals surface area (Å²) in [5.41, 5.74) is 2.96. The lowest BCUT2D eigenvalue weighted by Crippen LogP contribution is -2.06.